The Labute approximate surface area is 159 Å². The Balaban J connectivity index is 2.21. The lowest BCUT2D eigenvalue weighted by Crippen LogP contribution is -2.41. The Morgan fingerprint density at radius 1 is 1.31 bits per heavy atom. The van der Waals surface area contributed by atoms with Crippen molar-refractivity contribution in [2.45, 2.75) is 70.7 Å². The van der Waals surface area contributed by atoms with E-state index in [0.717, 1.165) is 31.3 Å². The molecule has 2 unspecified atom stereocenters. The van der Waals surface area contributed by atoms with E-state index in [-0.39, 0.29) is 29.6 Å². The minimum atomic E-state index is -1.84. The summed E-state index contributed by atoms with van der Waals surface area (Å²) < 4.78 is 12.0. The van der Waals surface area contributed by atoms with E-state index in [4.69, 9.17) is 9.16 Å². The lowest BCUT2D eigenvalue weighted by molar-refractivity contribution is -0.137. The summed E-state index contributed by atoms with van der Waals surface area (Å²) in [5, 5.41) is 9.73. The molecule has 0 radical (unpaired) electrons. The highest BCUT2D eigenvalue weighted by atomic mass is 28.4. The second-order valence-electron chi connectivity index (χ2n) is 8.97. The van der Waals surface area contributed by atoms with Crippen molar-refractivity contribution in [1.82, 2.24) is 0 Å². The molecule has 5 heteroatoms. The van der Waals surface area contributed by atoms with Gasteiger partial charge in [-0.25, -0.2) is 4.79 Å². The van der Waals surface area contributed by atoms with Gasteiger partial charge in [-0.1, -0.05) is 33.4 Å². The molecule has 0 amide bonds. The maximum Gasteiger partial charge on any atom is 0.334 e. The van der Waals surface area contributed by atoms with Crippen molar-refractivity contribution in [3.8, 4) is 0 Å². The lowest BCUT2D eigenvalue weighted by atomic mass is 9.88. The van der Waals surface area contributed by atoms with E-state index in [0.29, 0.717) is 12.2 Å². The molecule has 2 aliphatic rings. The van der Waals surface area contributed by atoms with Crippen LogP contribution in [0.1, 0.15) is 46.5 Å². The molecular formula is C21H34O4Si. The van der Waals surface area contributed by atoms with Crippen LogP contribution in [0.4, 0.5) is 0 Å². The van der Waals surface area contributed by atoms with Crippen LogP contribution in [0, 0.1) is 5.92 Å². The molecule has 1 aliphatic carbocycles. The molecule has 146 valence electrons. The molecule has 1 saturated heterocycles. The molecule has 1 heterocycles. The Kier molecular flexibility index (Phi) is 6.69. The Bertz CT molecular complexity index is 610. The third kappa shape index (κ3) is 4.96. The zero-order chi connectivity index (χ0) is 19.5. The highest BCUT2D eigenvalue weighted by Crippen LogP contribution is 2.38. The van der Waals surface area contributed by atoms with Crippen LogP contribution in [-0.2, 0) is 14.0 Å². The predicted molar refractivity (Wildman–Crippen MR) is 107 cm³/mol. The van der Waals surface area contributed by atoms with Crippen LogP contribution in [0.25, 0.3) is 0 Å². The highest BCUT2D eigenvalue weighted by Gasteiger charge is 2.39. The van der Waals surface area contributed by atoms with Crippen molar-refractivity contribution < 1.29 is 19.1 Å². The summed E-state index contributed by atoms with van der Waals surface area (Å²) in [6, 6.07) is 0. The van der Waals surface area contributed by atoms with E-state index in [2.05, 4.69) is 52.6 Å². The standard InChI is InChI=1S/C21H34O4Si/c1-15-18-11-10-16(13-22)8-7-9-17(12-19(18)25-20(15)23)14-24-26(5,6)21(2,3)4/h8,12,18-19,22H,1,7,9-11,13-14H2,2-6H3/b16-8+,17-12+. The number of esters is 1. The molecule has 0 aromatic carbocycles. The van der Waals surface area contributed by atoms with Crippen LogP contribution in [0.2, 0.25) is 18.1 Å². The molecule has 0 bridgehead atoms. The van der Waals surface area contributed by atoms with Gasteiger partial charge in [0.1, 0.15) is 6.10 Å². The largest absolute Gasteiger partial charge is 0.454 e. The molecule has 1 fully saturated rings. The molecule has 0 aromatic rings. The Morgan fingerprint density at radius 3 is 2.62 bits per heavy atom. The first-order chi connectivity index (χ1) is 12.0. The van der Waals surface area contributed by atoms with Crippen LogP contribution < -0.4 is 0 Å². The normalized spacial score (nSPS) is 29.3. The number of carbonyl (C=O) groups excluding carboxylic acids is 1. The van der Waals surface area contributed by atoms with Gasteiger partial charge in [0, 0.05) is 11.5 Å². The Morgan fingerprint density at radius 2 is 2.00 bits per heavy atom. The topological polar surface area (TPSA) is 55.8 Å². The number of aliphatic hydroxyl groups excluding tert-OH is 1. The van der Waals surface area contributed by atoms with Gasteiger partial charge in [-0.05, 0) is 61.0 Å². The Hall–Kier alpha value is -1.17. The van der Waals surface area contributed by atoms with E-state index in [9.17, 15) is 9.90 Å². The number of aliphatic hydroxyl groups is 1. The summed E-state index contributed by atoms with van der Waals surface area (Å²) in [6.07, 6.45) is 7.23. The second-order valence-corrected chi connectivity index (χ2v) is 13.8. The number of ether oxygens (including phenoxy) is 1. The van der Waals surface area contributed by atoms with Crippen molar-refractivity contribution in [1.29, 1.82) is 0 Å². The first-order valence-electron chi connectivity index (χ1n) is 9.57. The third-order valence-electron chi connectivity index (χ3n) is 6.05. The zero-order valence-corrected chi connectivity index (χ0v) is 17.9. The number of carbonyl (C=O) groups is 1. The van der Waals surface area contributed by atoms with Crippen LogP contribution in [0.5, 0.6) is 0 Å². The fourth-order valence-electron chi connectivity index (χ4n) is 3.09. The van der Waals surface area contributed by atoms with E-state index >= 15 is 0 Å². The molecule has 0 aromatic heterocycles. The zero-order valence-electron chi connectivity index (χ0n) is 16.9. The van der Waals surface area contributed by atoms with Crippen molar-refractivity contribution in [2.24, 2.45) is 5.92 Å². The molecule has 2 atom stereocenters. The predicted octanol–water partition coefficient (Wildman–Crippen LogP) is 4.53. The van der Waals surface area contributed by atoms with Crippen LogP contribution in [0.3, 0.4) is 0 Å². The van der Waals surface area contributed by atoms with Gasteiger partial charge in [0.15, 0.2) is 8.32 Å². The fraction of sp³-hybridized carbons (Fsp3) is 0.667. The molecule has 2 rings (SSSR count). The van der Waals surface area contributed by atoms with Gasteiger partial charge < -0.3 is 14.3 Å². The third-order valence-corrected chi connectivity index (χ3v) is 10.5. The number of allylic oxidation sites excluding steroid dienone is 1. The summed E-state index contributed by atoms with van der Waals surface area (Å²) in [7, 11) is -1.84. The average Bonchev–Trinajstić information content (AvgIpc) is 2.81. The van der Waals surface area contributed by atoms with Crippen molar-refractivity contribution in [2.75, 3.05) is 13.2 Å². The van der Waals surface area contributed by atoms with E-state index in [1.54, 1.807) is 0 Å². The van der Waals surface area contributed by atoms with Gasteiger partial charge >= 0.3 is 5.97 Å². The minimum absolute atomic E-state index is 0.0154. The maximum atomic E-state index is 12.0. The van der Waals surface area contributed by atoms with Gasteiger partial charge in [0.25, 0.3) is 0 Å². The fourth-order valence-corrected chi connectivity index (χ4v) is 4.07. The first kappa shape index (κ1) is 21.1. The van der Waals surface area contributed by atoms with Crippen LogP contribution >= 0.6 is 0 Å². The van der Waals surface area contributed by atoms with Gasteiger partial charge in [0.05, 0.1) is 13.2 Å². The van der Waals surface area contributed by atoms with Crippen molar-refractivity contribution >= 4 is 14.3 Å². The quantitative estimate of drug-likeness (QED) is 0.338. The smallest absolute Gasteiger partial charge is 0.334 e. The van der Waals surface area contributed by atoms with Gasteiger partial charge in [0.2, 0.25) is 0 Å². The monoisotopic (exact) mass is 378 g/mol. The van der Waals surface area contributed by atoms with Crippen molar-refractivity contribution in [3.05, 3.63) is 35.5 Å². The lowest BCUT2D eigenvalue weighted by Gasteiger charge is -2.36. The van der Waals surface area contributed by atoms with Crippen molar-refractivity contribution in [3.63, 3.8) is 0 Å². The van der Waals surface area contributed by atoms with Gasteiger partial charge in [-0.15, -0.1) is 0 Å². The molecule has 4 nitrogen and oxygen atoms in total. The summed E-state index contributed by atoms with van der Waals surface area (Å²) in [5.74, 6) is -0.312. The summed E-state index contributed by atoms with van der Waals surface area (Å²) in [6.45, 7) is 15.8. The molecule has 1 aliphatic heterocycles. The molecule has 0 saturated carbocycles. The van der Waals surface area contributed by atoms with E-state index in [1.165, 1.54) is 5.57 Å². The summed E-state index contributed by atoms with van der Waals surface area (Å²) in [4.78, 5) is 12.0. The molecule has 1 N–H and O–H groups in total. The molecular weight excluding hydrogens is 344 g/mol. The van der Waals surface area contributed by atoms with E-state index < -0.39 is 8.32 Å². The second kappa shape index (κ2) is 8.24. The van der Waals surface area contributed by atoms with Crippen LogP contribution in [-0.4, -0.2) is 38.7 Å². The summed E-state index contributed by atoms with van der Waals surface area (Å²) >= 11 is 0. The molecule has 26 heavy (non-hydrogen) atoms. The van der Waals surface area contributed by atoms with Gasteiger partial charge in [-0.2, -0.15) is 0 Å². The number of hydrogen-bond acceptors (Lipinski definition) is 4. The highest BCUT2D eigenvalue weighted by molar-refractivity contribution is 6.74. The molecule has 0 spiro atoms. The summed E-state index contributed by atoms with van der Waals surface area (Å²) in [5.41, 5.74) is 2.75. The first-order valence-corrected chi connectivity index (χ1v) is 12.5. The maximum absolute atomic E-state index is 12.0. The van der Waals surface area contributed by atoms with E-state index in [1.807, 2.05) is 0 Å². The SMILES string of the molecule is C=C1C(=O)OC2/C=C(/CO[Si](C)(C)C(C)(C)C)CC/C=C(/CO)CCC12. The minimum Gasteiger partial charge on any atom is -0.454 e. The number of hydrogen-bond donors (Lipinski definition) is 1. The average molecular weight is 379 g/mol. The van der Waals surface area contributed by atoms with Gasteiger partial charge in [-0.3, -0.25) is 0 Å². The number of fused-ring (bicyclic) bond motifs is 1. The van der Waals surface area contributed by atoms with Crippen LogP contribution in [0.15, 0.2) is 35.5 Å². The number of rotatable bonds is 4.